The minimum absolute atomic E-state index is 0.0462. The fraction of sp³-hybridized carbons (Fsp3) is 0.522. The monoisotopic (exact) mass is 477 g/mol. The van der Waals surface area contributed by atoms with E-state index in [1.54, 1.807) is 0 Å². The van der Waals surface area contributed by atoms with Crippen LogP contribution in [0.25, 0.3) is 0 Å². The summed E-state index contributed by atoms with van der Waals surface area (Å²) in [7, 11) is 2.73. The number of nitrogens with two attached hydrogens (primary N) is 1. The maximum absolute atomic E-state index is 13.2. The number of carbonyl (C=O) groups is 3. The third kappa shape index (κ3) is 5.02. The van der Waals surface area contributed by atoms with E-state index in [4.69, 9.17) is 19.9 Å². The van der Waals surface area contributed by atoms with Gasteiger partial charge in [0.25, 0.3) is 0 Å². The van der Waals surface area contributed by atoms with Crippen LogP contribution >= 0.6 is 11.8 Å². The van der Waals surface area contributed by atoms with Gasteiger partial charge in [0.1, 0.15) is 28.2 Å². The summed E-state index contributed by atoms with van der Waals surface area (Å²) in [4.78, 5) is 39.4. The van der Waals surface area contributed by atoms with E-state index in [2.05, 4.69) is 5.32 Å². The first-order chi connectivity index (χ1) is 15.9. The highest BCUT2D eigenvalue weighted by Crippen LogP contribution is 2.43. The van der Waals surface area contributed by atoms with Crippen molar-refractivity contribution in [2.75, 3.05) is 27.4 Å². The molecule has 10 heteroatoms. The van der Waals surface area contributed by atoms with Crippen molar-refractivity contribution < 1.29 is 28.6 Å². The highest BCUT2D eigenvalue weighted by Gasteiger charge is 2.54. The van der Waals surface area contributed by atoms with Crippen LogP contribution in [0.2, 0.25) is 0 Å². The predicted octanol–water partition coefficient (Wildman–Crippen LogP) is 1.34. The fourth-order valence-electron chi connectivity index (χ4n) is 3.96. The molecule has 3 atom stereocenters. The van der Waals surface area contributed by atoms with Gasteiger partial charge in [0, 0.05) is 18.2 Å². The zero-order chi connectivity index (χ0) is 24.1. The van der Waals surface area contributed by atoms with Crippen molar-refractivity contribution in [3.8, 4) is 5.75 Å². The maximum atomic E-state index is 13.2. The molecule has 9 nitrogen and oxygen atoms in total. The van der Waals surface area contributed by atoms with Gasteiger partial charge in [-0.05, 0) is 24.5 Å². The number of β-lactam (4-membered cyclic amide) rings is 1. The molecule has 1 saturated heterocycles. The number of carbonyl (C=O) groups excluding carboxylic acids is 3. The van der Waals surface area contributed by atoms with E-state index in [0.29, 0.717) is 17.9 Å². The number of amides is 2. The summed E-state index contributed by atoms with van der Waals surface area (Å²) in [6.45, 7) is 4.67. The maximum Gasteiger partial charge on any atom is 0.354 e. The molecule has 0 spiro atoms. The minimum atomic E-state index is -0.756. The molecular formula is C23H31N3O6S. The molecule has 0 radical (unpaired) electrons. The van der Waals surface area contributed by atoms with Crippen LogP contribution in [0.3, 0.4) is 0 Å². The van der Waals surface area contributed by atoms with Gasteiger partial charge < -0.3 is 25.3 Å². The highest BCUT2D eigenvalue weighted by atomic mass is 32.2. The molecule has 3 rings (SSSR count). The normalized spacial score (nSPS) is 21.9. The van der Waals surface area contributed by atoms with Crippen molar-refractivity contribution in [2.24, 2.45) is 5.73 Å². The molecule has 2 aliphatic rings. The second kappa shape index (κ2) is 11.0. The van der Waals surface area contributed by atoms with Crippen molar-refractivity contribution in [3.05, 3.63) is 40.6 Å². The number of thioether (sulfide) groups is 1. The van der Waals surface area contributed by atoms with Crippen LogP contribution in [0.1, 0.15) is 31.4 Å². The van der Waals surface area contributed by atoms with Crippen molar-refractivity contribution >= 4 is 29.5 Å². The standard InChI is InChI=1S/C23H31N3O6S/c1-5-10-32-16-9-7-8-13(6-2)14(16)11-17(27)25-20-15(12-30-3)19(23(29)31-4)26-21(28)18(24)22(26)33-20/h7-9,18,20,22H,5-6,10-12,24H2,1-4H3,(H,25,27)/t18?,20?,22-/m1/s1. The molecule has 2 unspecified atom stereocenters. The second-order valence-corrected chi connectivity index (χ2v) is 9.01. The lowest BCUT2D eigenvalue weighted by atomic mass is 10.0. The first-order valence-corrected chi connectivity index (χ1v) is 11.9. The van der Waals surface area contributed by atoms with Crippen LogP contribution < -0.4 is 15.8 Å². The quantitative estimate of drug-likeness (QED) is 0.383. The zero-order valence-electron chi connectivity index (χ0n) is 19.4. The molecule has 0 bridgehead atoms. The number of ether oxygens (including phenoxy) is 3. The molecule has 1 aromatic carbocycles. The molecular weight excluding hydrogens is 446 g/mol. The van der Waals surface area contributed by atoms with E-state index < -0.39 is 22.8 Å². The fourth-order valence-corrected chi connectivity index (χ4v) is 5.40. The molecule has 33 heavy (non-hydrogen) atoms. The third-order valence-corrected chi connectivity index (χ3v) is 7.06. The molecule has 0 aromatic heterocycles. The zero-order valence-corrected chi connectivity index (χ0v) is 20.2. The van der Waals surface area contributed by atoms with E-state index in [0.717, 1.165) is 24.0 Å². The number of nitrogens with one attached hydrogen (secondary N) is 1. The summed E-state index contributed by atoms with van der Waals surface area (Å²) in [6, 6.07) is 5.02. The number of benzene rings is 1. The lowest BCUT2D eigenvalue weighted by molar-refractivity contribution is -0.149. The van der Waals surface area contributed by atoms with Gasteiger partial charge in [-0.15, -0.1) is 11.8 Å². The lowest BCUT2D eigenvalue weighted by Gasteiger charge is -2.50. The van der Waals surface area contributed by atoms with Gasteiger partial charge in [-0.25, -0.2) is 4.79 Å². The molecule has 0 aliphatic carbocycles. The van der Waals surface area contributed by atoms with E-state index in [1.807, 2.05) is 32.0 Å². The summed E-state index contributed by atoms with van der Waals surface area (Å²) in [6.07, 6.45) is 1.74. The van der Waals surface area contributed by atoms with Crippen LogP contribution in [0, 0.1) is 0 Å². The second-order valence-electron chi connectivity index (χ2n) is 7.78. The molecule has 2 aliphatic heterocycles. The van der Waals surface area contributed by atoms with E-state index in [1.165, 1.54) is 30.9 Å². The van der Waals surface area contributed by atoms with Crippen LogP contribution in [0.15, 0.2) is 29.5 Å². The van der Waals surface area contributed by atoms with Gasteiger partial charge in [0.2, 0.25) is 11.8 Å². The Balaban J connectivity index is 1.88. The third-order valence-electron chi connectivity index (χ3n) is 5.60. The van der Waals surface area contributed by atoms with Gasteiger partial charge in [-0.3, -0.25) is 14.5 Å². The SMILES string of the molecule is CCCOc1cccc(CC)c1CC(=O)NC1S[C@@H]2C(N)C(=O)N2C(C(=O)OC)=C1COC. The Morgan fingerprint density at radius 2 is 2.00 bits per heavy atom. The van der Waals surface area contributed by atoms with Crippen LogP contribution in [0.4, 0.5) is 0 Å². The summed E-state index contributed by atoms with van der Waals surface area (Å²) < 4.78 is 16.1. The molecule has 3 N–H and O–H groups in total. The Morgan fingerprint density at radius 1 is 1.24 bits per heavy atom. The van der Waals surface area contributed by atoms with Crippen molar-refractivity contribution in [1.82, 2.24) is 10.2 Å². The topological polar surface area (TPSA) is 120 Å². The summed E-state index contributed by atoms with van der Waals surface area (Å²) >= 11 is 1.31. The number of aryl methyl sites for hydroxylation is 1. The number of rotatable bonds is 10. The Bertz CT molecular complexity index is 950. The predicted molar refractivity (Wildman–Crippen MR) is 124 cm³/mol. The number of fused-ring (bicyclic) bond motifs is 1. The Labute approximate surface area is 198 Å². The smallest absolute Gasteiger partial charge is 0.354 e. The molecule has 1 aromatic rings. The van der Waals surface area contributed by atoms with E-state index in [9.17, 15) is 14.4 Å². The molecule has 2 heterocycles. The summed E-state index contributed by atoms with van der Waals surface area (Å²) in [5.41, 5.74) is 8.40. The van der Waals surface area contributed by atoms with Crippen LogP contribution in [-0.2, 0) is 36.7 Å². The van der Waals surface area contributed by atoms with Gasteiger partial charge >= 0.3 is 5.97 Å². The van der Waals surface area contributed by atoms with E-state index in [-0.39, 0.29) is 30.5 Å². The number of hydrogen-bond donors (Lipinski definition) is 2. The van der Waals surface area contributed by atoms with Crippen molar-refractivity contribution in [3.63, 3.8) is 0 Å². The molecule has 0 saturated carbocycles. The van der Waals surface area contributed by atoms with Crippen LogP contribution in [-0.4, -0.2) is 66.9 Å². The van der Waals surface area contributed by atoms with Crippen LogP contribution in [0.5, 0.6) is 5.75 Å². The first-order valence-electron chi connectivity index (χ1n) is 10.9. The number of nitrogens with zero attached hydrogens (tertiary/aromatic N) is 1. The average Bonchev–Trinajstić information content (AvgIpc) is 2.82. The van der Waals surface area contributed by atoms with Gasteiger partial charge in [0.15, 0.2) is 0 Å². The van der Waals surface area contributed by atoms with Gasteiger partial charge in [-0.1, -0.05) is 26.0 Å². The Morgan fingerprint density at radius 3 is 2.64 bits per heavy atom. The number of methoxy groups -OCH3 is 2. The Hall–Kier alpha value is -2.56. The van der Waals surface area contributed by atoms with E-state index >= 15 is 0 Å². The lowest BCUT2D eigenvalue weighted by Crippen LogP contribution is -2.70. The van der Waals surface area contributed by atoms with Gasteiger partial charge in [-0.2, -0.15) is 0 Å². The molecule has 2 amide bonds. The molecule has 180 valence electrons. The summed E-state index contributed by atoms with van der Waals surface area (Å²) in [5.74, 6) is -0.567. The largest absolute Gasteiger partial charge is 0.493 e. The number of esters is 1. The molecule has 1 fully saturated rings. The van der Waals surface area contributed by atoms with Gasteiger partial charge in [0.05, 0.1) is 26.7 Å². The first kappa shape index (κ1) is 25.1. The minimum Gasteiger partial charge on any atom is -0.493 e. The van der Waals surface area contributed by atoms with Crippen molar-refractivity contribution in [2.45, 2.75) is 49.9 Å². The average molecular weight is 478 g/mol. The number of hydrogen-bond acceptors (Lipinski definition) is 8. The highest BCUT2D eigenvalue weighted by molar-refractivity contribution is 8.00. The Kier molecular flexibility index (Phi) is 8.39. The summed E-state index contributed by atoms with van der Waals surface area (Å²) in [5, 5.41) is 1.93. The van der Waals surface area contributed by atoms with Crippen molar-refractivity contribution in [1.29, 1.82) is 0 Å².